The Morgan fingerprint density at radius 2 is 1.64 bits per heavy atom. The molecule has 0 aliphatic carbocycles. The Balaban J connectivity index is 1.99. The van der Waals surface area contributed by atoms with Gasteiger partial charge in [0.15, 0.2) is 0 Å². The molecule has 0 fully saturated rings. The molecule has 0 heterocycles. The molecule has 0 saturated heterocycles. The van der Waals surface area contributed by atoms with Crippen molar-refractivity contribution in [1.82, 2.24) is 0 Å². The van der Waals surface area contributed by atoms with E-state index in [1.54, 1.807) is 36.4 Å². The smallest absolute Gasteiger partial charge is 0.143 e. The summed E-state index contributed by atoms with van der Waals surface area (Å²) >= 11 is 0. The van der Waals surface area contributed by atoms with Gasteiger partial charge in [0.1, 0.15) is 15.4 Å². The highest BCUT2D eigenvalue weighted by atomic mass is 32.3. The van der Waals surface area contributed by atoms with E-state index in [1.165, 1.54) is 6.26 Å². The minimum absolute atomic E-state index is 0.248. The third-order valence-corrected chi connectivity index (χ3v) is 5.95. The molecule has 3 rings (SSSR count). The third kappa shape index (κ3) is 3.57. The van der Waals surface area contributed by atoms with Gasteiger partial charge < -0.3 is 9.92 Å². The highest BCUT2D eigenvalue weighted by Crippen LogP contribution is 2.34. The average Bonchev–Trinajstić information content (AvgIpc) is 2.53. The Morgan fingerprint density at radius 1 is 1.04 bits per heavy atom. The zero-order valence-corrected chi connectivity index (χ0v) is 15.0. The fourth-order valence-corrected chi connectivity index (χ4v) is 4.00. The number of rotatable bonds is 4. The maximum absolute atomic E-state index is 13.1. The number of hydrogen-bond acceptors (Lipinski definition) is 3. The second kappa shape index (κ2) is 5.72. The predicted octanol–water partition coefficient (Wildman–Crippen LogP) is 4.35. The molecule has 0 aliphatic rings. The summed E-state index contributed by atoms with van der Waals surface area (Å²) in [6, 6.07) is 17.7. The van der Waals surface area contributed by atoms with E-state index >= 15 is 0 Å². The molecule has 0 aliphatic heterocycles. The minimum atomic E-state index is -4.45. The number of benzene rings is 3. The highest BCUT2D eigenvalue weighted by Gasteiger charge is 2.32. The van der Waals surface area contributed by atoms with Crippen molar-refractivity contribution >= 4 is 26.1 Å². The van der Waals surface area contributed by atoms with Gasteiger partial charge in [-0.3, -0.25) is 4.55 Å². The molecule has 0 spiro atoms. The number of nitrogens with two attached hydrogens (primary N) is 1. The minimum Gasteiger partial charge on any atom is -0.400 e. The van der Waals surface area contributed by atoms with Crippen LogP contribution >= 0.6 is 0 Å². The standard InChI is InChI=1S/C20H21NO3S/c1-14-4-10-20(11-5-14)25(3,22,23)24-19-9-8-17-12-16(15(2)21)6-7-18(17)13-19/h4-13H,2,21H2,1,3H3,(H,22,23). The van der Waals surface area contributed by atoms with E-state index in [0.29, 0.717) is 11.4 Å². The van der Waals surface area contributed by atoms with E-state index in [4.69, 9.17) is 9.92 Å². The molecule has 3 aromatic carbocycles. The van der Waals surface area contributed by atoms with Crippen molar-refractivity contribution in [3.63, 3.8) is 0 Å². The van der Waals surface area contributed by atoms with Crippen LogP contribution in [0.5, 0.6) is 5.75 Å². The molecule has 0 aromatic heterocycles. The predicted molar refractivity (Wildman–Crippen MR) is 104 cm³/mol. The zero-order chi connectivity index (χ0) is 18.3. The molecule has 3 aromatic rings. The second-order valence-corrected chi connectivity index (χ2v) is 9.37. The molecular formula is C20H21NO3S. The largest absolute Gasteiger partial charge is 0.400 e. The maximum atomic E-state index is 13.1. The Bertz CT molecular complexity index is 1030. The van der Waals surface area contributed by atoms with E-state index in [2.05, 4.69) is 6.58 Å². The highest BCUT2D eigenvalue weighted by molar-refractivity contribution is 8.10. The second-order valence-electron chi connectivity index (χ2n) is 6.34. The van der Waals surface area contributed by atoms with Crippen molar-refractivity contribution in [3.8, 4) is 5.75 Å². The summed E-state index contributed by atoms with van der Waals surface area (Å²) in [4.78, 5) is 0.248. The Labute approximate surface area is 147 Å². The van der Waals surface area contributed by atoms with Gasteiger partial charge in [-0.05, 0) is 53.6 Å². The van der Waals surface area contributed by atoms with Crippen molar-refractivity contribution in [2.75, 3.05) is 6.26 Å². The quantitative estimate of drug-likeness (QED) is 0.729. The Morgan fingerprint density at radius 3 is 2.28 bits per heavy atom. The molecular weight excluding hydrogens is 334 g/mol. The number of fused-ring (bicyclic) bond motifs is 1. The van der Waals surface area contributed by atoms with Gasteiger partial charge in [0.2, 0.25) is 0 Å². The summed E-state index contributed by atoms with van der Waals surface area (Å²) in [5, 5.41) is 1.83. The van der Waals surface area contributed by atoms with Gasteiger partial charge in [-0.2, -0.15) is 0 Å². The summed E-state index contributed by atoms with van der Waals surface area (Å²) in [5.41, 5.74) is 8.07. The van der Waals surface area contributed by atoms with Gasteiger partial charge >= 0.3 is 0 Å². The summed E-state index contributed by atoms with van der Waals surface area (Å²) < 4.78 is 29.3. The monoisotopic (exact) mass is 355 g/mol. The van der Waals surface area contributed by atoms with Crippen molar-refractivity contribution in [3.05, 3.63) is 78.4 Å². The lowest BCUT2D eigenvalue weighted by molar-refractivity contribution is 0.405. The van der Waals surface area contributed by atoms with E-state index in [1.807, 2.05) is 31.2 Å². The Hall–Kier alpha value is -2.63. The van der Waals surface area contributed by atoms with Crippen molar-refractivity contribution in [2.45, 2.75) is 11.8 Å². The SMILES string of the molecule is C=C(N)c1ccc2cc(OS(C)(=O)(O)c3ccc(C)cc3)ccc2c1. The first kappa shape index (κ1) is 17.2. The van der Waals surface area contributed by atoms with Gasteiger partial charge in [-0.1, -0.05) is 42.5 Å². The van der Waals surface area contributed by atoms with Crippen LogP contribution in [-0.4, -0.2) is 15.0 Å². The fraction of sp³-hybridized carbons (Fsp3) is 0.100. The molecule has 0 atom stereocenters. The molecule has 25 heavy (non-hydrogen) atoms. The van der Waals surface area contributed by atoms with Gasteiger partial charge in [0.25, 0.3) is 0 Å². The van der Waals surface area contributed by atoms with Crippen LogP contribution in [0.15, 0.2) is 72.1 Å². The lowest BCUT2D eigenvalue weighted by Gasteiger charge is -2.33. The number of aryl methyl sites for hydroxylation is 1. The normalized spacial score (nSPS) is 13.2. The summed E-state index contributed by atoms with van der Waals surface area (Å²) in [6.45, 7) is 5.65. The Kier molecular flexibility index (Phi) is 3.94. The molecule has 4 nitrogen and oxygen atoms in total. The molecule has 0 radical (unpaired) electrons. The van der Waals surface area contributed by atoms with Crippen LogP contribution in [0.2, 0.25) is 0 Å². The van der Waals surface area contributed by atoms with Gasteiger partial charge in [-0.15, -0.1) is 0 Å². The first-order chi connectivity index (χ1) is 11.6. The van der Waals surface area contributed by atoms with Crippen LogP contribution in [-0.2, 0) is 9.63 Å². The van der Waals surface area contributed by atoms with E-state index < -0.39 is 9.63 Å². The third-order valence-electron chi connectivity index (χ3n) is 4.03. The molecule has 0 bridgehead atoms. The fourth-order valence-electron chi connectivity index (χ4n) is 2.60. The van der Waals surface area contributed by atoms with Crippen LogP contribution in [0, 0.1) is 6.92 Å². The lowest BCUT2D eigenvalue weighted by atomic mass is 10.1. The van der Waals surface area contributed by atoms with Crippen molar-refractivity contribution in [1.29, 1.82) is 0 Å². The topological polar surface area (TPSA) is 72.5 Å². The number of hydrogen-bond donors (Lipinski definition) is 2. The molecule has 0 unspecified atom stereocenters. The summed E-state index contributed by atoms with van der Waals surface area (Å²) in [6.07, 6.45) is 1.22. The average molecular weight is 355 g/mol. The van der Waals surface area contributed by atoms with Crippen LogP contribution in [0.25, 0.3) is 16.5 Å². The van der Waals surface area contributed by atoms with E-state index in [-0.39, 0.29) is 4.90 Å². The first-order valence-corrected chi connectivity index (χ1v) is 10.0. The first-order valence-electron chi connectivity index (χ1n) is 7.77. The molecule has 130 valence electrons. The van der Waals surface area contributed by atoms with Crippen LogP contribution in [0.4, 0.5) is 0 Å². The lowest BCUT2D eigenvalue weighted by Crippen LogP contribution is -2.37. The maximum Gasteiger partial charge on any atom is 0.143 e. The van der Waals surface area contributed by atoms with Crippen molar-refractivity contribution in [2.24, 2.45) is 5.73 Å². The van der Waals surface area contributed by atoms with E-state index in [0.717, 1.165) is 21.9 Å². The van der Waals surface area contributed by atoms with Crippen LogP contribution in [0.3, 0.4) is 0 Å². The van der Waals surface area contributed by atoms with Gasteiger partial charge in [0.05, 0.1) is 4.90 Å². The van der Waals surface area contributed by atoms with Gasteiger partial charge in [0, 0.05) is 12.0 Å². The van der Waals surface area contributed by atoms with E-state index in [9.17, 15) is 8.76 Å². The molecule has 0 saturated carbocycles. The van der Waals surface area contributed by atoms with Crippen LogP contribution in [0.1, 0.15) is 11.1 Å². The summed E-state index contributed by atoms with van der Waals surface area (Å²) in [7, 11) is -4.45. The molecule has 3 N–H and O–H groups in total. The summed E-state index contributed by atoms with van der Waals surface area (Å²) in [5.74, 6) is 0.328. The molecule has 5 heteroatoms. The van der Waals surface area contributed by atoms with Gasteiger partial charge in [-0.25, -0.2) is 4.21 Å². The molecule has 0 amide bonds. The van der Waals surface area contributed by atoms with Crippen molar-refractivity contribution < 1.29 is 12.9 Å². The van der Waals surface area contributed by atoms with Crippen LogP contribution < -0.4 is 9.92 Å². The zero-order valence-electron chi connectivity index (χ0n) is 14.2.